The molecule has 1 amide bonds. The lowest BCUT2D eigenvalue weighted by Crippen LogP contribution is -2.38. The number of carbonyl (C=O) groups is 2. The Kier molecular flexibility index (Phi) is 6.72. The smallest absolute Gasteiger partial charge is 0.342 e. The van der Waals surface area contributed by atoms with Gasteiger partial charge in [0.25, 0.3) is 0 Å². The van der Waals surface area contributed by atoms with E-state index >= 15 is 0 Å². The van der Waals surface area contributed by atoms with Gasteiger partial charge in [-0.15, -0.1) is 0 Å². The highest BCUT2D eigenvalue weighted by Crippen LogP contribution is 2.42. The maximum Gasteiger partial charge on any atom is 0.342 e. The quantitative estimate of drug-likeness (QED) is 0.465. The van der Waals surface area contributed by atoms with Gasteiger partial charge in [-0.1, -0.05) is 11.6 Å². The number of ether oxygens (including phenoxy) is 2. The normalized spacial score (nSPS) is 13.9. The van der Waals surface area contributed by atoms with Gasteiger partial charge in [0.1, 0.15) is 23.7 Å². The summed E-state index contributed by atoms with van der Waals surface area (Å²) in [7, 11) is 1.53. The average Bonchev–Trinajstić information content (AvgIpc) is 3.01. The highest BCUT2D eigenvalue weighted by atomic mass is 16.5. The molecule has 1 aliphatic heterocycles. The second-order valence-corrected chi connectivity index (χ2v) is 7.76. The molecule has 0 saturated carbocycles. The van der Waals surface area contributed by atoms with E-state index in [2.05, 4.69) is 5.32 Å². The number of fused-ring (bicyclic) bond motifs is 1. The Balaban J connectivity index is 2.09. The fraction of sp³-hybridized carbons (Fsp3) is 0.524. The van der Waals surface area contributed by atoms with Crippen molar-refractivity contribution < 1.29 is 29.3 Å². The van der Waals surface area contributed by atoms with Crippen LogP contribution in [-0.4, -0.2) is 41.3 Å². The Hall–Kier alpha value is -2.54. The Morgan fingerprint density at radius 3 is 2.64 bits per heavy atom. The van der Waals surface area contributed by atoms with E-state index < -0.39 is 11.6 Å². The Morgan fingerprint density at radius 2 is 2.04 bits per heavy atom. The molecule has 0 radical (unpaired) electrons. The van der Waals surface area contributed by atoms with Crippen molar-refractivity contribution >= 4 is 11.9 Å². The van der Waals surface area contributed by atoms with E-state index in [9.17, 15) is 19.8 Å². The van der Waals surface area contributed by atoms with Crippen LogP contribution in [0.3, 0.4) is 0 Å². The van der Waals surface area contributed by atoms with Crippen LogP contribution in [0.15, 0.2) is 11.6 Å². The number of hydrogen-bond acceptors (Lipinski definition) is 6. The number of rotatable bonds is 8. The van der Waals surface area contributed by atoms with E-state index in [4.69, 9.17) is 9.47 Å². The molecule has 0 unspecified atom stereocenters. The third kappa shape index (κ3) is 5.04. The van der Waals surface area contributed by atoms with Gasteiger partial charge in [0.2, 0.25) is 5.91 Å². The van der Waals surface area contributed by atoms with E-state index in [1.54, 1.807) is 13.8 Å². The van der Waals surface area contributed by atoms with Crippen molar-refractivity contribution in [1.29, 1.82) is 0 Å². The summed E-state index contributed by atoms with van der Waals surface area (Å²) in [5.74, 6) is -0.219. The molecular formula is C21H29NO6. The molecule has 1 aromatic rings. The predicted octanol–water partition coefficient (Wildman–Crippen LogP) is 2.54. The number of esters is 1. The first-order chi connectivity index (χ1) is 13.0. The summed E-state index contributed by atoms with van der Waals surface area (Å²) in [4.78, 5) is 23.8. The van der Waals surface area contributed by atoms with Crippen LogP contribution in [0, 0.1) is 6.92 Å². The van der Waals surface area contributed by atoms with E-state index in [1.165, 1.54) is 7.11 Å². The second-order valence-electron chi connectivity index (χ2n) is 7.76. The molecule has 0 saturated heterocycles. The fourth-order valence-electron chi connectivity index (χ4n) is 3.12. The van der Waals surface area contributed by atoms with Gasteiger partial charge in [-0.3, -0.25) is 4.79 Å². The van der Waals surface area contributed by atoms with Crippen molar-refractivity contribution in [1.82, 2.24) is 5.32 Å². The Morgan fingerprint density at radius 1 is 1.36 bits per heavy atom. The minimum atomic E-state index is -0.943. The monoisotopic (exact) mass is 391 g/mol. The summed E-state index contributed by atoms with van der Waals surface area (Å²) in [6, 6.07) is 0. The molecular weight excluding hydrogens is 362 g/mol. The third-order valence-corrected chi connectivity index (χ3v) is 4.77. The van der Waals surface area contributed by atoms with Gasteiger partial charge in [0.15, 0.2) is 0 Å². The molecule has 154 valence electrons. The average molecular weight is 391 g/mol. The molecule has 28 heavy (non-hydrogen) atoms. The van der Waals surface area contributed by atoms with Gasteiger partial charge in [0.05, 0.1) is 12.7 Å². The predicted molar refractivity (Wildman–Crippen MR) is 105 cm³/mol. The maximum atomic E-state index is 11.9. The molecule has 1 aromatic carbocycles. The molecule has 7 nitrogen and oxygen atoms in total. The molecule has 1 heterocycles. The van der Waals surface area contributed by atoms with Crippen molar-refractivity contribution in [3.05, 3.63) is 33.9 Å². The summed E-state index contributed by atoms with van der Waals surface area (Å²) >= 11 is 0. The number of amides is 1. The van der Waals surface area contributed by atoms with Crippen molar-refractivity contribution in [3.63, 3.8) is 0 Å². The van der Waals surface area contributed by atoms with Gasteiger partial charge in [-0.05, 0) is 46.1 Å². The minimum absolute atomic E-state index is 0.105. The summed E-state index contributed by atoms with van der Waals surface area (Å²) in [6.45, 7) is 7.34. The van der Waals surface area contributed by atoms with Crippen LogP contribution >= 0.6 is 0 Å². The molecule has 0 aliphatic carbocycles. The van der Waals surface area contributed by atoms with Crippen molar-refractivity contribution in [2.75, 3.05) is 13.7 Å². The number of phenolic OH excluding ortho intramolecular Hbond substituents is 1. The summed E-state index contributed by atoms with van der Waals surface area (Å²) in [6.07, 6.45) is 3.13. The van der Waals surface area contributed by atoms with Crippen LogP contribution in [0.1, 0.15) is 60.7 Å². The van der Waals surface area contributed by atoms with E-state index in [0.717, 1.165) is 11.1 Å². The van der Waals surface area contributed by atoms with Crippen LogP contribution in [0.4, 0.5) is 0 Å². The topological polar surface area (TPSA) is 105 Å². The number of nitrogens with one attached hydrogen (secondary N) is 1. The van der Waals surface area contributed by atoms with Gasteiger partial charge in [-0.2, -0.15) is 0 Å². The SMILES string of the molecule is COc1c(C)c2c(c(O)c1C/C=C(\C)CCC(=O)NCC(C)(C)O)C(=O)OC2. The molecule has 0 fully saturated rings. The van der Waals surface area contributed by atoms with Gasteiger partial charge in [0, 0.05) is 24.1 Å². The zero-order valence-electron chi connectivity index (χ0n) is 17.1. The highest BCUT2D eigenvalue weighted by Gasteiger charge is 2.31. The number of carbonyl (C=O) groups excluding carboxylic acids is 2. The molecule has 3 N–H and O–H groups in total. The zero-order chi connectivity index (χ0) is 21.1. The number of cyclic esters (lactones) is 1. The standard InChI is InChI=1S/C21H29NO6/c1-12(7-9-16(23)22-11-21(3,4)26)6-8-14-18(24)17-15(10-28-20(17)25)13(2)19(14)27-5/h6,24,26H,7-11H2,1-5H3,(H,22,23)/b12-6+. The summed E-state index contributed by atoms with van der Waals surface area (Å²) in [5, 5.41) is 22.9. The Bertz CT molecular complexity index is 804. The van der Waals surface area contributed by atoms with Crippen LogP contribution in [0.5, 0.6) is 11.5 Å². The first kappa shape index (κ1) is 21.8. The van der Waals surface area contributed by atoms with Gasteiger partial charge >= 0.3 is 5.97 Å². The molecule has 1 aliphatic rings. The first-order valence-electron chi connectivity index (χ1n) is 9.28. The van der Waals surface area contributed by atoms with Crippen molar-refractivity contribution in [2.24, 2.45) is 0 Å². The maximum absolute atomic E-state index is 11.9. The van der Waals surface area contributed by atoms with E-state index in [-0.39, 0.29) is 30.4 Å². The highest BCUT2D eigenvalue weighted by molar-refractivity contribution is 5.98. The lowest BCUT2D eigenvalue weighted by Gasteiger charge is -2.17. The summed E-state index contributed by atoms with van der Waals surface area (Å²) < 4.78 is 10.5. The van der Waals surface area contributed by atoms with Crippen LogP contribution in [0.25, 0.3) is 0 Å². The first-order valence-corrected chi connectivity index (χ1v) is 9.28. The molecule has 0 aromatic heterocycles. The molecule has 0 atom stereocenters. The fourth-order valence-corrected chi connectivity index (χ4v) is 3.12. The number of methoxy groups -OCH3 is 1. The van der Waals surface area contributed by atoms with E-state index in [0.29, 0.717) is 36.1 Å². The summed E-state index contributed by atoms with van der Waals surface area (Å²) in [5.41, 5.74) is 2.22. The minimum Gasteiger partial charge on any atom is -0.507 e. The molecule has 0 spiro atoms. The number of aromatic hydroxyl groups is 1. The number of phenols is 1. The van der Waals surface area contributed by atoms with Gasteiger partial charge in [-0.25, -0.2) is 4.79 Å². The Labute approximate surface area is 165 Å². The van der Waals surface area contributed by atoms with Crippen LogP contribution < -0.4 is 10.1 Å². The number of benzene rings is 1. The van der Waals surface area contributed by atoms with E-state index in [1.807, 2.05) is 19.9 Å². The number of hydrogen-bond donors (Lipinski definition) is 3. The van der Waals surface area contributed by atoms with Crippen LogP contribution in [-0.2, 0) is 22.6 Å². The van der Waals surface area contributed by atoms with Crippen molar-refractivity contribution in [3.8, 4) is 11.5 Å². The third-order valence-electron chi connectivity index (χ3n) is 4.77. The van der Waals surface area contributed by atoms with Gasteiger partial charge < -0.3 is 25.0 Å². The molecule has 2 rings (SSSR count). The zero-order valence-corrected chi connectivity index (χ0v) is 17.1. The second kappa shape index (κ2) is 8.65. The largest absolute Gasteiger partial charge is 0.507 e. The lowest BCUT2D eigenvalue weighted by molar-refractivity contribution is -0.122. The molecule has 0 bridgehead atoms. The number of allylic oxidation sites excluding steroid dienone is 2. The van der Waals surface area contributed by atoms with Crippen molar-refractivity contribution in [2.45, 2.75) is 59.2 Å². The van der Waals surface area contributed by atoms with Crippen LogP contribution in [0.2, 0.25) is 0 Å². The lowest BCUT2D eigenvalue weighted by atomic mass is 9.94. The number of aliphatic hydroxyl groups is 1. The molecule has 7 heteroatoms.